The van der Waals surface area contributed by atoms with E-state index in [1.165, 1.54) is 18.2 Å². The Morgan fingerprint density at radius 1 is 1.06 bits per heavy atom. The SMILES string of the molecule is Cc1ccc(F)c2[nH]c(-c3cncc(-c4cc(F)cc(C#N)c4)c3N3CCCC3)nc12. The average Bonchev–Trinajstić information content (AvgIpc) is 3.46. The molecule has 7 heteroatoms. The summed E-state index contributed by atoms with van der Waals surface area (Å²) in [6.07, 6.45) is 5.47. The van der Waals surface area contributed by atoms with Crippen molar-refractivity contribution in [2.24, 2.45) is 0 Å². The van der Waals surface area contributed by atoms with Gasteiger partial charge in [-0.2, -0.15) is 5.26 Å². The molecule has 2 aromatic carbocycles. The number of fused-ring (bicyclic) bond motifs is 1. The minimum absolute atomic E-state index is 0.245. The second-order valence-corrected chi connectivity index (χ2v) is 7.79. The van der Waals surface area contributed by atoms with Crippen molar-refractivity contribution in [2.75, 3.05) is 18.0 Å². The van der Waals surface area contributed by atoms with E-state index >= 15 is 0 Å². The van der Waals surface area contributed by atoms with Gasteiger partial charge in [0.15, 0.2) is 0 Å². The molecule has 1 fully saturated rings. The molecule has 0 aliphatic carbocycles. The number of H-pyrrole nitrogens is 1. The summed E-state index contributed by atoms with van der Waals surface area (Å²) in [4.78, 5) is 14.4. The standard InChI is InChI=1S/C24H19F2N5/c1-14-4-5-20(26)22-21(14)29-24(30-22)19-13-28-12-18(23(19)31-6-2-3-7-31)16-8-15(11-27)9-17(25)10-16/h4-5,8-10,12-13H,2-3,6-7H2,1H3,(H,29,30). The van der Waals surface area contributed by atoms with Gasteiger partial charge in [-0.3, -0.25) is 4.98 Å². The fourth-order valence-electron chi connectivity index (χ4n) is 4.25. The summed E-state index contributed by atoms with van der Waals surface area (Å²) in [7, 11) is 0. The number of aromatic nitrogens is 3. The summed E-state index contributed by atoms with van der Waals surface area (Å²) in [5.41, 5.74) is 4.91. The van der Waals surface area contributed by atoms with Crippen molar-refractivity contribution >= 4 is 16.7 Å². The van der Waals surface area contributed by atoms with Crippen LogP contribution < -0.4 is 4.90 Å². The van der Waals surface area contributed by atoms with Gasteiger partial charge in [0.2, 0.25) is 0 Å². The molecular formula is C24H19F2N5. The first-order chi connectivity index (χ1) is 15.0. The molecule has 31 heavy (non-hydrogen) atoms. The van der Waals surface area contributed by atoms with Crippen molar-refractivity contribution in [3.05, 3.63) is 65.5 Å². The molecule has 5 rings (SSSR count). The van der Waals surface area contributed by atoms with Crippen molar-refractivity contribution in [1.82, 2.24) is 15.0 Å². The number of rotatable bonds is 3. The largest absolute Gasteiger partial charge is 0.370 e. The predicted molar refractivity (Wildman–Crippen MR) is 116 cm³/mol. The van der Waals surface area contributed by atoms with E-state index in [2.05, 4.69) is 19.9 Å². The van der Waals surface area contributed by atoms with Crippen LogP contribution in [0, 0.1) is 29.9 Å². The number of hydrogen-bond acceptors (Lipinski definition) is 4. The molecule has 3 heterocycles. The Balaban J connectivity index is 1.77. The minimum atomic E-state index is -0.478. The highest BCUT2D eigenvalue weighted by atomic mass is 19.1. The second-order valence-electron chi connectivity index (χ2n) is 7.79. The zero-order chi connectivity index (χ0) is 21.5. The van der Waals surface area contributed by atoms with Gasteiger partial charge in [0.1, 0.15) is 23.0 Å². The summed E-state index contributed by atoms with van der Waals surface area (Å²) in [6, 6.07) is 9.41. The van der Waals surface area contributed by atoms with Crippen LogP contribution in [0.4, 0.5) is 14.5 Å². The van der Waals surface area contributed by atoms with Crippen LogP contribution in [-0.2, 0) is 0 Å². The fraction of sp³-hybridized carbons (Fsp3) is 0.208. The number of nitriles is 1. The number of pyridine rings is 1. The van der Waals surface area contributed by atoms with E-state index in [1.807, 2.05) is 13.0 Å². The molecule has 0 spiro atoms. The summed E-state index contributed by atoms with van der Waals surface area (Å²) in [5, 5.41) is 9.29. The van der Waals surface area contributed by atoms with Gasteiger partial charge in [0.25, 0.3) is 0 Å². The van der Waals surface area contributed by atoms with Gasteiger partial charge in [-0.05, 0) is 55.2 Å². The third-order valence-electron chi connectivity index (χ3n) is 5.73. The van der Waals surface area contributed by atoms with E-state index in [0.717, 1.165) is 42.7 Å². The van der Waals surface area contributed by atoms with Crippen LogP contribution in [0.25, 0.3) is 33.5 Å². The third-order valence-corrected chi connectivity index (χ3v) is 5.73. The Morgan fingerprint density at radius 2 is 1.84 bits per heavy atom. The molecule has 0 radical (unpaired) electrons. The van der Waals surface area contributed by atoms with E-state index in [0.29, 0.717) is 28.0 Å². The number of anilines is 1. The van der Waals surface area contributed by atoms with Crippen LogP contribution in [0.15, 0.2) is 42.7 Å². The van der Waals surface area contributed by atoms with Crippen LogP contribution in [0.1, 0.15) is 24.0 Å². The predicted octanol–water partition coefficient (Wildman–Crippen LogP) is 5.35. The van der Waals surface area contributed by atoms with E-state index in [1.54, 1.807) is 24.5 Å². The highest BCUT2D eigenvalue weighted by molar-refractivity contribution is 5.91. The van der Waals surface area contributed by atoms with Crippen molar-refractivity contribution in [3.8, 4) is 28.6 Å². The molecule has 5 nitrogen and oxygen atoms in total. The Morgan fingerprint density at radius 3 is 2.58 bits per heavy atom. The number of aryl methyl sites for hydroxylation is 1. The first-order valence-electron chi connectivity index (χ1n) is 10.1. The second kappa shape index (κ2) is 7.47. The summed E-state index contributed by atoms with van der Waals surface area (Å²) >= 11 is 0. The van der Waals surface area contributed by atoms with E-state index in [4.69, 9.17) is 0 Å². The lowest BCUT2D eigenvalue weighted by Crippen LogP contribution is -2.20. The lowest BCUT2D eigenvalue weighted by Gasteiger charge is -2.24. The van der Waals surface area contributed by atoms with Crippen molar-refractivity contribution in [1.29, 1.82) is 5.26 Å². The zero-order valence-corrected chi connectivity index (χ0v) is 16.9. The van der Waals surface area contributed by atoms with Crippen LogP contribution in [-0.4, -0.2) is 28.0 Å². The molecule has 0 unspecified atom stereocenters. The maximum Gasteiger partial charge on any atom is 0.148 e. The molecular weight excluding hydrogens is 396 g/mol. The van der Waals surface area contributed by atoms with Gasteiger partial charge in [0.05, 0.1) is 28.4 Å². The number of aromatic amines is 1. The van der Waals surface area contributed by atoms with E-state index in [-0.39, 0.29) is 11.4 Å². The van der Waals surface area contributed by atoms with Crippen molar-refractivity contribution in [3.63, 3.8) is 0 Å². The first-order valence-corrected chi connectivity index (χ1v) is 10.1. The van der Waals surface area contributed by atoms with E-state index in [9.17, 15) is 14.0 Å². The maximum absolute atomic E-state index is 14.4. The van der Waals surface area contributed by atoms with Gasteiger partial charge < -0.3 is 9.88 Å². The van der Waals surface area contributed by atoms with Gasteiger partial charge in [-0.15, -0.1) is 0 Å². The van der Waals surface area contributed by atoms with Crippen molar-refractivity contribution in [2.45, 2.75) is 19.8 Å². The van der Waals surface area contributed by atoms with E-state index < -0.39 is 5.82 Å². The number of nitrogens with one attached hydrogen (secondary N) is 1. The molecule has 1 aliphatic rings. The van der Waals surface area contributed by atoms with Gasteiger partial charge in [0, 0.05) is 31.0 Å². The van der Waals surface area contributed by atoms with Crippen LogP contribution in [0.2, 0.25) is 0 Å². The molecule has 4 aromatic rings. The van der Waals surface area contributed by atoms with Gasteiger partial charge >= 0.3 is 0 Å². The number of hydrogen-bond donors (Lipinski definition) is 1. The normalized spacial score (nSPS) is 13.7. The van der Waals surface area contributed by atoms with Crippen molar-refractivity contribution < 1.29 is 8.78 Å². The molecule has 1 aliphatic heterocycles. The zero-order valence-electron chi connectivity index (χ0n) is 16.9. The molecule has 0 amide bonds. The Kier molecular flexibility index (Phi) is 4.63. The molecule has 1 N–H and O–H groups in total. The topological polar surface area (TPSA) is 68.6 Å². The molecule has 0 bridgehead atoms. The third kappa shape index (κ3) is 3.30. The number of imidazole rings is 1. The maximum atomic E-state index is 14.4. The highest BCUT2D eigenvalue weighted by Gasteiger charge is 2.24. The minimum Gasteiger partial charge on any atom is -0.370 e. The van der Waals surface area contributed by atoms with Crippen LogP contribution in [0.5, 0.6) is 0 Å². The summed E-state index contributed by atoms with van der Waals surface area (Å²) in [6.45, 7) is 3.58. The average molecular weight is 415 g/mol. The smallest absolute Gasteiger partial charge is 0.148 e. The quantitative estimate of drug-likeness (QED) is 0.490. The Bertz CT molecular complexity index is 1310. The number of nitrogens with zero attached hydrogens (tertiary/aromatic N) is 4. The number of benzene rings is 2. The highest BCUT2D eigenvalue weighted by Crippen LogP contribution is 2.40. The Labute approximate surface area is 178 Å². The summed E-state index contributed by atoms with van der Waals surface area (Å²) < 4.78 is 28.6. The molecule has 0 saturated carbocycles. The first kappa shape index (κ1) is 19.2. The lowest BCUT2D eigenvalue weighted by atomic mass is 10.00. The van der Waals surface area contributed by atoms with Gasteiger partial charge in [-0.25, -0.2) is 13.8 Å². The lowest BCUT2D eigenvalue weighted by molar-refractivity contribution is 0.628. The molecule has 2 aromatic heterocycles. The Hall–Kier alpha value is -3.79. The molecule has 1 saturated heterocycles. The fourth-order valence-corrected chi connectivity index (χ4v) is 4.25. The van der Waals surface area contributed by atoms with Crippen LogP contribution in [0.3, 0.4) is 0 Å². The summed E-state index contributed by atoms with van der Waals surface area (Å²) in [5.74, 6) is -0.334. The molecule has 154 valence electrons. The molecule has 0 atom stereocenters. The monoisotopic (exact) mass is 415 g/mol. The number of halogens is 2. The van der Waals surface area contributed by atoms with Gasteiger partial charge in [-0.1, -0.05) is 6.07 Å². The van der Waals surface area contributed by atoms with Crippen LogP contribution >= 0.6 is 0 Å².